The molecule has 1 aromatic carbocycles. The lowest BCUT2D eigenvalue weighted by atomic mass is 9.52. The number of nitrogens with zero attached hydrogens (tertiary/aromatic N) is 3. The van der Waals surface area contributed by atoms with Crippen molar-refractivity contribution >= 4 is 40.6 Å². The van der Waals surface area contributed by atoms with Gasteiger partial charge in [-0.15, -0.1) is 0 Å². The molecule has 2 saturated carbocycles. The number of ketones is 4. The number of likely N-dealkylation sites (N-methyl/N-ethyl adjacent to an activating group) is 1. The summed E-state index contributed by atoms with van der Waals surface area (Å²) in [5, 5.41) is 23.2. The molecule has 226 valence electrons. The molecule has 42 heavy (non-hydrogen) atoms. The first-order valence-corrected chi connectivity index (χ1v) is 14.3. The molecule has 3 aliphatic carbocycles. The molecule has 0 radical (unpaired) electrons. The number of phenolic OH excluding ortho intramolecular Hbond substituents is 1. The second-order valence-electron chi connectivity index (χ2n) is 12.8. The largest absolute Gasteiger partial charge is 0.506 e. The van der Waals surface area contributed by atoms with Gasteiger partial charge in [-0.25, -0.2) is 0 Å². The lowest BCUT2D eigenvalue weighted by Crippen LogP contribution is -2.74. The molecule has 12 nitrogen and oxygen atoms in total. The number of piperidine rings is 1. The second-order valence-corrected chi connectivity index (χ2v) is 12.8. The zero-order valence-electron chi connectivity index (χ0n) is 24.5. The Morgan fingerprint density at radius 1 is 1.05 bits per heavy atom. The highest BCUT2D eigenvalue weighted by atomic mass is 16.3. The molecule has 4 N–H and O–H groups in total. The number of phenols is 1. The van der Waals surface area contributed by atoms with Crippen LogP contribution in [-0.2, 0) is 25.6 Å². The fraction of sp³-hybridized carbons (Fsp3) is 0.600. The van der Waals surface area contributed by atoms with Crippen LogP contribution < -0.4 is 10.6 Å². The van der Waals surface area contributed by atoms with Gasteiger partial charge in [-0.2, -0.15) is 0 Å². The van der Waals surface area contributed by atoms with Crippen molar-refractivity contribution in [2.45, 2.75) is 44.2 Å². The average Bonchev–Trinajstić information content (AvgIpc) is 2.90. The van der Waals surface area contributed by atoms with Gasteiger partial charge in [-0.3, -0.25) is 33.7 Å². The van der Waals surface area contributed by atoms with Gasteiger partial charge in [0.2, 0.25) is 5.91 Å². The van der Waals surface area contributed by atoms with E-state index in [1.165, 1.54) is 4.90 Å². The minimum atomic E-state index is -2.80. The SMILES string of the molecule is CC1CCN(C(=O)c2cc(N(C)C)c3c(c2O)C(=O)C2C(=O)[C@]4(O)C(=O)C(C(N)=O)C(=O)[C@H](N(C)C)[C@@H]4C[C@@H]2C3)CC1. The number of aliphatic hydroxyl groups is 1. The molecular weight excluding hydrogens is 544 g/mol. The molecule has 2 amide bonds. The molecule has 12 heteroatoms. The topological polar surface area (TPSA) is 179 Å². The van der Waals surface area contributed by atoms with Crippen LogP contribution in [0.5, 0.6) is 5.75 Å². The molecule has 2 unspecified atom stereocenters. The Morgan fingerprint density at radius 3 is 2.21 bits per heavy atom. The quantitative estimate of drug-likeness (QED) is 0.403. The van der Waals surface area contributed by atoms with E-state index in [1.807, 2.05) is 0 Å². The van der Waals surface area contributed by atoms with E-state index in [0.717, 1.165) is 12.8 Å². The number of carbonyl (C=O) groups excluding carboxylic acids is 6. The van der Waals surface area contributed by atoms with Crippen molar-refractivity contribution in [2.24, 2.45) is 35.3 Å². The Morgan fingerprint density at radius 2 is 1.67 bits per heavy atom. The third-order valence-corrected chi connectivity index (χ3v) is 9.82. The van der Waals surface area contributed by atoms with Crippen molar-refractivity contribution in [1.82, 2.24) is 9.80 Å². The molecular formula is C30H38N4O8. The monoisotopic (exact) mass is 582 g/mol. The molecule has 1 aromatic rings. The Balaban J connectivity index is 1.62. The van der Waals surface area contributed by atoms with Crippen LogP contribution in [0.15, 0.2) is 6.07 Å². The maximum absolute atomic E-state index is 14.2. The minimum Gasteiger partial charge on any atom is -0.506 e. The van der Waals surface area contributed by atoms with E-state index in [9.17, 15) is 39.0 Å². The van der Waals surface area contributed by atoms with E-state index in [0.29, 0.717) is 30.3 Å². The molecule has 1 saturated heterocycles. The van der Waals surface area contributed by atoms with Crippen molar-refractivity contribution in [1.29, 1.82) is 0 Å². The summed E-state index contributed by atoms with van der Waals surface area (Å²) in [6.07, 6.45) is 1.71. The van der Waals surface area contributed by atoms with Crippen LogP contribution in [0, 0.1) is 29.6 Å². The number of amides is 2. The van der Waals surface area contributed by atoms with Gasteiger partial charge in [0.25, 0.3) is 5.91 Å². The number of nitrogens with two attached hydrogens (primary N) is 1. The van der Waals surface area contributed by atoms with Gasteiger partial charge in [0.05, 0.1) is 23.1 Å². The van der Waals surface area contributed by atoms with Crippen LogP contribution in [-0.4, -0.2) is 108 Å². The third kappa shape index (κ3) is 4.17. The number of carbonyl (C=O) groups is 6. The van der Waals surface area contributed by atoms with Crippen molar-refractivity contribution < 1.29 is 39.0 Å². The lowest BCUT2D eigenvalue weighted by molar-refractivity contribution is -0.181. The molecule has 0 aromatic heterocycles. The molecule has 1 heterocycles. The van der Waals surface area contributed by atoms with Gasteiger partial charge < -0.3 is 25.7 Å². The van der Waals surface area contributed by atoms with Gasteiger partial charge in [-0.1, -0.05) is 6.92 Å². The predicted octanol–water partition coefficient (Wildman–Crippen LogP) is -0.195. The van der Waals surface area contributed by atoms with Crippen molar-refractivity contribution in [2.75, 3.05) is 46.2 Å². The molecule has 5 rings (SSSR count). The minimum absolute atomic E-state index is 0.0375. The first-order chi connectivity index (χ1) is 19.6. The van der Waals surface area contributed by atoms with Crippen LogP contribution >= 0.6 is 0 Å². The summed E-state index contributed by atoms with van der Waals surface area (Å²) < 4.78 is 0. The van der Waals surface area contributed by atoms with Gasteiger partial charge in [0.1, 0.15) is 5.75 Å². The summed E-state index contributed by atoms with van der Waals surface area (Å²) in [7, 11) is 6.57. The van der Waals surface area contributed by atoms with E-state index in [2.05, 4.69) is 6.92 Å². The summed E-state index contributed by atoms with van der Waals surface area (Å²) >= 11 is 0. The Kier molecular flexibility index (Phi) is 7.29. The number of rotatable bonds is 4. The zero-order chi connectivity index (χ0) is 31.0. The molecule has 4 aliphatic rings. The van der Waals surface area contributed by atoms with Crippen molar-refractivity contribution in [3.05, 3.63) is 22.8 Å². The van der Waals surface area contributed by atoms with E-state index in [-0.39, 0.29) is 24.0 Å². The van der Waals surface area contributed by atoms with E-state index >= 15 is 0 Å². The number of primary amides is 1. The fourth-order valence-electron chi connectivity index (χ4n) is 7.60. The zero-order valence-corrected chi connectivity index (χ0v) is 24.5. The van der Waals surface area contributed by atoms with Gasteiger partial charge in [-0.05, 0) is 63.2 Å². The Bertz CT molecular complexity index is 1410. The van der Waals surface area contributed by atoms with E-state index in [1.54, 1.807) is 44.1 Å². The number of hydrogen-bond donors (Lipinski definition) is 3. The Hall–Kier alpha value is -3.64. The number of fused-ring (bicyclic) bond motifs is 3. The summed E-state index contributed by atoms with van der Waals surface area (Å²) in [5.74, 6) is -11.2. The van der Waals surface area contributed by atoms with Gasteiger partial charge in [0, 0.05) is 38.8 Å². The molecule has 0 bridgehead atoms. The van der Waals surface area contributed by atoms with Gasteiger partial charge >= 0.3 is 0 Å². The maximum atomic E-state index is 14.2. The lowest BCUT2D eigenvalue weighted by Gasteiger charge is -2.52. The highest BCUT2D eigenvalue weighted by Gasteiger charge is 2.69. The normalized spacial score (nSPS) is 31.5. The maximum Gasteiger partial charge on any atom is 0.257 e. The van der Waals surface area contributed by atoms with E-state index < -0.39 is 76.0 Å². The highest BCUT2D eigenvalue weighted by Crippen LogP contribution is 2.52. The first kappa shape index (κ1) is 29.8. The molecule has 1 aliphatic heterocycles. The standard InChI is InChI=1S/C30H38N4O8/c1-13-6-8-34(9-7-13)29(41)16-12-18(32(2)3)15-10-14-11-17-22(33(4)5)25(37)21(28(31)40)27(39)30(17,42)26(38)19(14)24(36)20(15)23(16)35/h12-14,17,19,21-22,35,42H,6-11H2,1-5H3,(H2,31,40)/t14-,17-,19?,21?,22+,30-/m0/s1. The first-order valence-electron chi connectivity index (χ1n) is 14.3. The van der Waals surface area contributed by atoms with Crippen LogP contribution in [0.3, 0.4) is 0 Å². The summed E-state index contributed by atoms with van der Waals surface area (Å²) in [6, 6.07) is 0.400. The van der Waals surface area contributed by atoms with Crippen molar-refractivity contribution in [3.8, 4) is 5.75 Å². The summed E-state index contributed by atoms with van der Waals surface area (Å²) in [6.45, 7) is 3.12. The second kappa shape index (κ2) is 10.3. The predicted molar refractivity (Wildman–Crippen MR) is 150 cm³/mol. The third-order valence-electron chi connectivity index (χ3n) is 9.82. The molecule has 6 atom stereocenters. The fourth-order valence-corrected chi connectivity index (χ4v) is 7.60. The van der Waals surface area contributed by atoms with Crippen LogP contribution in [0.4, 0.5) is 5.69 Å². The number of anilines is 1. The number of aromatic hydroxyl groups is 1. The van der Waals surface area contributed by atoms with Gasteiger partial charge in [0.15, 0.2) is 34.7 Å². The van der Waals surface area contributed by atoms with Crippen LogP contribution in [0.2, 0.25) is 0 Å². The number of likely N-dealkylation sites (tertiary alicyclic amines) is 1. The molecule has 3 fully saturated rings. The average molecular weight is 583 g/mol. The van der Waals surface area contributed by atoms with Crippen LogP contribution in [0.25, 0.3) is 0 Å². The highest BCUT2D eigenvalue weighted by molar-refractivity contribution is 6.32. The smallest absolute Gasteiger partial charge is 0.257 e. The summed E-state index contributed by atoms with van der Waals surface area (Å²) in [5.41, 5.74) is 3.33. The van der Waals surface area contributed by atoms with E-state index in [4.69, 9.17) is 5.73 Å². The number of Topliss-reactive ketones (excluding diaryl/α,β-unsaturated/α-hetero) is 4. The number of hydrogen-bond acceptors (Lipinski definition) is 10. The molecule has 0 spiro atoms. The van der Waals surface area contributed by atoms with Crippen molar-refractivity contribution in [3.63, 3.8) is 0 Å². The Labute approximate surface area is 243 Å². The summed E-state index contributed by atoms with van der Waals surface area (Å²) in [4.78, 5) is 85.5. The van der Waals surface area contributed by atoms with Crippen LogP contribution in [0.1, 0.15) is 52.5 Å². The number of benzene rings is 1.